The molecule has 0 amide bonds. The van der Waals surface area contributed by atoms with E-state index in [-0.39, 0.29) is 12.0 Å². The predicted molar refractivity (Wildman–Crippen MR) is 144 cm³/mol. The van der Waals surface area contributed by atoms with Gasteiger partial charge in [-0.3, -0.25) is 0 Å². The Balaban J connectivity index is 1.45. The van der Waals surface area contributed by atoms with Crippen LogP contribution >= 0.6 is 0 Å². The molecule has 6 heteroatoms. The standard InChI is InChI=1S/C31H30N2O4/c34-30(35)20-32-37-31(24-12-5-2-6-13-24)25-16-18-29(27(19-25)22-9-3-1-4-10-22)36-21-26-17-15-23-11-7-8-14-28(23)33-26/h1,3-4,7-11,14-20,24,31H,2,5-6,12-13,21H2,(H,34,35)/b32-20+. The highest BCUT2D eigenvalue weighted by Crippen LogP contribution is 2.40. The van der Waals surface area contributed by atoms with E-state index < -0.39 is 5.97 Å². The van der Waals surface area contributed by atoms with Crippen molar-refractivity contribution in [3.8, 4) is 16.9 Å². The summed E-state index contributed by atoms with van der Waals surface area (Å²) in [6.07, 6.45) is 6.03. The molecular formula is C31H30N2O4. The van der Waals surface area contributed by atoms with Gasteiger partial charge in [0, 0.05) is 16.9 Å². The highest BCUT2D eigenvalue weighted by atomic mass is 16.6. The molecule has 1 N–H and O–H groups in total. The summed E-state index contributed by atoms with van der Waals surface area (Å²) in [5.74, 6) is -0.100. The van der Waals surface area contributed by atoms with Crippen LogP contribution in [0.25, 0.3) is 22.0 Å². The molecule has 1 fully saturated rings. The molecule has 5 rings (SSSR count). The third-order valence-corrected chi connectivity index (χ3v) is 6.86. The minimum atomic E-state index is -1.13. The molecule has 1 aliphatic rings. The first kappa shape index (κ1) is 24.5. The molecule has 1 heterocycles. The Labute approximate surface area is 216 Å². The molecule has 1 aliphatic carbocycles. The van der Waals surface area contributed by atoms with Gasteiger partial charge < -0.3 is 14.7 Å². The monoisotopic (exact) mass is 494 g/mol. The molecule has 37 heavy (non-hydrogen) atoms. The number of oxime groups is 1. The van der Waals surface area contributed by atoms with Crippen molar-refractivity contribution in [1.82, 2.24) is 4.98 Å². The average Bonchev–Trinajstić information content (AvgIpc) is 2.95. The zero-order chi connectivity index (χ0) is 25.5. The first-order valence-corrected chi connectivity index (χ1v) is 12.8. The van der Waals surface area contributed by atoms with E-state index in [1.165, 1.54) is 6.42 Å². The highest BCUT2D eigenvalue weighted by molar-refractivity contribution is 6.21. The highest BCUT2D eigenvalue weighted by Gasteiger charge is 2.28. The number of carboxylic acids is 1. The summed E-state index contributed by atoms with van der Waals surface area (Å²) >= 11 is 0. The predicted octanol–water partition coefficient (Wildman–Crippen LogP) is 7.19. The first-order valence-electron chi connectivity index (χ1n) is 12.8. The van der Waals surface area contributed by atoms with Gasteiger partial charge in [-0.1, -0.05) is 85.1 Å². The maximum atomic E-state index is 11.0. The topological polar surface area (TPSA) is 81.0 Å². The molecule has 0 radical (unpaired) electrons. The Hall–Kier alpha value is -4.19. The Bertz CT molecular complexity index is 1380. The molecular weight excluding hydrogens is 464 g/mol. The van der Waals surface area contributed by atoms with Crippen molar-refractivity contribution in [3.63, 3.8) is 0 Å². The minimum absolute atomic E-state index is 0.275. The number of carbonyl (C=O) groups is 1. The van der Waals surface area contributed by atoms with Gasteiger partial charge in [0.2, 0.25) is 0 Å². The molecule has 0 bridgehead atoms. The number of hydrogen-bond acceptors (Lipinski definition) is 5. The Kier molecular flexibility index (Phi) is 7.75. The SMILES string of the molecule is O=C(O)/C=N/OC(c1ccc(OCc2ccc3ccccc3n2)c(-c2ccccc2)c1)C1CCCCC1. The third kappa shape index (κ3) is 6.15. The molecule has 4 aromatic rings. The second-order valence-corrected chi connectivity index (χ2v) is 9.40. The van der Waals surface area contributed by atoms with E-state index in [1.807, 2.05) is 60.7 Å². The molecule has 1 atom stereocenters. The number of aliphatic carboxylic acids is 1. The fourth-order valence-corrected chi connectivity index (χ4v) is 5.03. The Morgan fingerprint density at radius 1 is 0.973 bits per heavy atom. The Morgan fingerprint density at radius 3 is 2.57 bits per heavy atom. The molecule has 1 aromatic heterocycles. The number of nitrogens with zero attached hydrogens (tertiary/aromatic N) is 2. The quantitative estimate of drug-likeness (QED) is 0.197. The molecule has 1 unspecified atom stereocenters. The summed E-state index contributed by atoms with van der Waals surface area (Å²) in [6, 6.07) is 28.3. The fraction of sp³-hybridized carbons (Fsp3) is 0.258. The van der Waals surface area contributed by atoms with E-state index in [4.69, 9.17) is 19.7 Å². The number of rotatable bonds is 9. The van der Waals surface area contributed by atoms with Crippen molar-refractivity contribution in [2.75, 3.05) is 0 Å². The van der Waals surface area contributed by atoms with Crippen molar-refractivity contribution >= 4 is 23.1 Å². The fourth-order valence-electron chi connectivity index (χ4n) is 5.03. The van der Waals surface area contributed by atoms with Gasteiger partial charge in [-0.05, 0) is 48.2 Å². The number of ether oxygens (including phenoxy) is 1. The lowest BCUT2D eigenvalue weighted by atomic mass is 9.82. The number of fused-ring (bicyclic) bond motifs is 1. The van der Waals surface area contributed by atoms with Crippen LogP contribution in [0, 0.1) is 5.92 Å². The maximum absolute atomic E-state index is 11.0. The van der Waals surface area contributed by atoms with E-state index in [0.29, 0.717) is 6.61 Å². The maximum Gasteiger partial charge on any atom is 0.350 e. The number of pyridine rings is 1. The van der Waals surface area contributed by atoms with Gasteiger partial charge in [0.15, 0.2) is 12.3 Å². The van der Waals surface area contributed by atoms with E-state index in [9.17, 15) is 4.79 Å². The lowest BCUT2D eigenvalue weighted by molar-refractivity contribution is -0.129. The number of carboxylic acid groups (broad SMARTS) is 1. The molecule has 6 nitrogen and oxygen atoms in total. The van der Waals surface area contributed by atoms with Crippen LogP contribution < -0.4 is 4.74 Å². The summed E-state index contributed by atoms with van der Waals surface area (Å²) in [4.78, 5) is 21.5. The first-order chi connectivity index (χ1) is 18.2. The van der Waals surface area contributed by atoms with Gasteiger partial charge in [-0.25, -0.2) is 9.78 Å². The van der Waals surface area contributed by atoms with E-state index >= 15 is 0 Å². The van der Waals surface area contributed by atoms with Gasteiger partial charge in [0.05, 0.1) is 11.2 Å². The lowest BCUT2D eigenvalue weighted by Crippen LogP contribution is -2.18. The summed E-state index contributed by atoms with van der Waals surface area (Å²) in [5.41, 5.74) is 4.74. The van der Waals surface area contributed by atoms with E-state index in [2.05, 4.69) is 29.4 Å². The summed E-state index contributed by atoms with van der Waals surface area (Å²) in [6.45, 7) is 0.343. The van der Waals surface area contributed by atoms with Crippen molar-refractivity contribution in [1.29, 1.82) is 0 Å². The number of hydrogen-bond donors (Lipinski definition) is 1. The molecule has 188 valence electrons. The largest absolute Gasteiger partial charge is 0.487 e. The minimum Gasteiger partial charge on any atom is -0.487 e. The molecule has 0 aliphatic heterocycles. The zero-order valence-corrected chi connectivity index (χ0v) is 20.6. The van der Waals surface area contributed by atoms with Crippen molar-refractivity contribution in [2.45, 2.75) is 44.8 Å². The van der Waals surface area contributed by atoms with Crippen LogP contribution in [0.2, 0.25) is 0 Å². The number of aromatic nitrogens is 1. The summed E-state index contributed by atoms with van der Waals surface area (Å²) < 4.78 is 6.31. The Morgan fingerprint density at radius 2 is 1.76 bits per heavy atom. The van der Waals surface area contributed by atoms with Crippen LogP contribution in [0.3, 0.4) is 0 Å². The second-order valence-electron chi connectivity index (χ2n) is 9.40. The summed E-state index contributed by atoms with van der Waals surface area (Å²) in [7, 11) is 0. The van der Waals surface area contributed by atoms with Gasteiger partial charge in [-0.2, -0.15) is 0 Å². The molecule has 0 saturated heterocycles. The normalized spacial score (nSPS) is 15.0. The average molecular weight is 495 g/mol. The molecule has 0 spiro atoms. The number of benzene rings is 3. The van der Waals surface area contributed by atoms with Gasteiger partial charge in [0.1, 0.15) is 12.4 Å². The van der Waals surface area contributed by atoms with Crippen molar-refractivity contribution in [2.24, 2.45) is 11.1 Å². The second kappa shape index (κ2) is 11.7. The van der Waals surface area contributed by atoms with Gasteiger partial charge in [0.25, 0.3) is 0 Å². The van der Waals surface area contributed by atoms with E-state index in [1.54, 1.807) is 0 Å². The summed E-state index contributed by atoms with van der Waals surface area (Å²) in [5, 5.41) is 13.9. The number of para-hydroxylation sites is 1. The smallest absolute Gasteiger partial charge is 0.350 e. The lowest BCUT2D eigenvalue weighted by Gasteiger charge is -2.29. The van der Waals surface area contributed by atoms with Crippen LogP contribution in [0.4, 0.5) is 0 Å². The third-order valence-electron chi connectivity index (χ3n) is 6.86. The zero-order valence-electron chi connectivity index (χ0n) is 20.6. The van der Waals surface area contributed by atoms with Crippen LogP contribution in [-0.2, 0) is 16.2 Å². The van der Waals surface area contributed by atoms with Crippen LogP contribution in [-0.4, -0.2) is 22.3 Å². The van der Waals surface area contributed by atoms with Crippen LogP contribution in [0.15, 0.2) is 90.1 Å². The van der Waals surface area contributed by atoms with Crippen molar-refractivity contribution < 1.29 is 19.5 Å². The van der Waals surface area contributed by atoms with Gasteiger partial charge >= 0.3 is 5.97 Å². The molecule has 1 saturated carbocycles. The van der Waals surface area contributed by atoms with E-state index in [0.717, 1.165) is 70.9 Å². The van der Waals surface area contributed by atoms with Crippen LogP contribution in [0.5, 0.6) is 5.75 Å². The van der Waals surface area contributed by atoms with Gasteiger partial charge in [-0.15, -0.1) is 0 Å². The van der Waals surface area contributed by atoms with Crippen molar-refractivity contribution in [3.05, 3.63) is 96.2 Å². The molecule has 3 aromatic carbocycles. The van der Waals surface area contributed by atoms with Crippen LogP contribution in [0.1, 0.15) is 49.5 Å².